The van der Waals surface area contributed by atoms with E-state index in [1.54, 1.807) is 0 Å². The minimum Gasteiger partial charge on any atom is -0.367 e. The van der Waals surface area contributed by atoms with Crippen LogP contribution in [0.1, 0.15) is 75.3 Å². The molecule has 2 aliphatic rings. The number of benzene rings is 2. The molecule has 1 aliphatic heterocycles. The molecule has 0 radical (unpaired) electrons. The zero-order valence-electron chi connectivity index (χ0n) is 24.6. The lowest BCUT2D eigenvalue weighted by atomic mass is 10.0. The lowest BCUT2D eigenvalue weighted by Crippen LogP contribution is -2.24. The van der Waals surface area contributed by atoms with Gasteiger partial charge in [-0.25, -0.2) is 0 Å². The first-order valence-corrected chi connectivity index (χ1v) is 15.5. The second kappa shape index (κ2) is 16.1. The van der Waals surface area contributed by atoms with Gasteiger partial charge >= 0.3 is 0 Å². The number of rotatable bonds is 10. The maximum atomic E-state index is 12.7. The van der Waals surface area contributed by atoms with Crippen LogP contribution in [-0.4, -0.2) is 49.2 Å². The lowest BCUT2D eigenvalue weighted by Gasteiger charge is -2.23. The molecule has 4 nitrogen and oxygen atoms in total. The molecule has 0 bridgehead atoms. The lowest BCUT2D eigenvalue weighted by molar-refractivity contribution is 0.254. The molecular formula is C33H49FN4S. The van der Waals surface area contributed by atoms with Gasteiger partial charge in [-0.05, 0) is 97.3 Å². The Hall–Kier alpha value is -2.31. The highest BCUT2D eigenvalue weighted by molar-refractivity contribution is 7.80. The van der Waals surface area contributed by atoms with Crippen molar-refractivity contribution in [1.82, 2.24) is 9.88 Å². The molecule has 1 aromatic heterocycles. The summed E-state index contributed by atoms with van der Waals surface area (Å²) in [5, 5.41) is 1.26. The summed E-state index contributed by atoms with van der Waals surface area (Å²) >= 11 is 4.37. The Morgan fingerprint density at radius 2 is 1.92 bits per heavy atom. The second-order valence-electron chi connectivity index (χ2n) is 10.7. The van der Waals surface area contributed by atoms with Gasteiger partial charge in [0, 0.05) is 31.3 Å². The van der Waals surface area contributed by atoms with Gasteiger partial charge in [-0.1, -0.05) is 51.8 Å². The molecule has 2 heterocycles. The number of hydrogen-bond donors (Lipinski definition) is 2. The molecule has 1 fully saturated rings. The van der Waals surface area contributed by atoms with Crippen LogP contribution in [-0.2, 0) is 25.9 Å². The predicted molar refractivity (Wildman–Crippen MR) is 172 cm³/mol. The summed E-state index contributed by atoms with van der Waals surface area (Å²) in [4.78, 5) is 12.6. The highest BCUT2D eigenvalue weighted by Gasteiger charge is 2.19. The molecule has 0 spiro atoms. The number of alkyl halides is 1. The number of nitrogens with one attached hydrogen (secondary N) is 1. The van der Waals surface area contributed by atoms with Crippen molar-refractivity contribution in [3.63, 3.8) is 0 Å². The Labute approximate surface area is 241 Å². The van der Waals surface area contributed by atoms with Crippen molar-refractivity contribution < 1.29 is 4.39 Å². The third kappa shape index (κ3) is 9.11. The number of aryl methyl sites for hydroxylation is 2. The van der Waals surface area contributed by atoms with Gasteiger partial charge in [0.25, 0.3) is 0 Å². The number of hydrogen-bond acceptors (Lipinski definition) is 4. The molecule has 0 atom stereocenters. The van der Waals surface area contributed by atoms with E-state index in [0.29, 0.717) is 6.42 Å². The molecule has 2 aromatic carbocycles. The Balaban J connectivity index is 0.000000629. The fourth-order valence-electron chi connectivity index (χ4n) is 5.11. The first kappa shape index (κ1) is 31.2. The number of halogens is 1. The van der Waals surface area contributed by atoms with Crippen molar-refractivity contribution in [2.45, 2.75) is 78.8 Å². The van der Waals surface area contributed by atoms with E-state index < -0.39 is 0 Å². The van der Waals surface area contributed by atoms with Gasteiger partial charge in [-0.15, -0.1) is 0 Å². The molecular weight excluding hydrogens is 503 g/mol. The average molecular weight is 553 g/mol. The zero-order chi connectivity index (χ0) is 28.2. The first-order chi connectivity index (χ1) is 19.0. The number of aromatic amines is 1. The summed E-state index contributed by atoms with van der Waals surface area (Å²) in [6.07, 6.45) is 7.82. The SMILES string of the molecule is C=Nc1cc2c(cc1N(C)Cc1cc3cccc(CCCS)c3[nH]1)CCCN(CCCF)C2.CC.CC1CC1. The van der Waals surface area contributed by atoms with Crippen LogP contribution < -0.4 is 4.90 Å². The third-order valence-corrected chi connectivity index (χ3v) is 7.79. The van der Waals surface area contributed by atoms with Crippen LogP contribution in [0.4, 0.5) is 15.8 Å². The maximum absolute atomic E-state index is 12.7. The van der Waals surface area contributed by atoms with Crippen molar-refractivity contribution in [3.05, 3.63) is 58.8 Å². The number of fused-ring (bicyclic) bond motifs is 2. The molecule has 0 amide bonds. The smallest absolute Gasteiger partial charge is 0.0906 e. The van der Waals surface area contributed by atoms with Crippen LogP contribution in [0, 0.1) is 5.92 Å². The van der Waals surface area contributed by atoms with Crippen LogP contribution in [0.5, 0.6) is 0 Å². The number of thiol groups is 1. The van der Waals surface area contributed by atoms with Gasteiger partial charge < -0.3 is 9.88 Å². The second-order valence-corrected chi connectivity index (χ2v) is 11.2. The minimum atomic E-state index is -0.253. The molecule has 3 aromatic rings. The van der Waals surface area contributed by atoms with E-state index in [-0.39, 0.29) is 6.67 Å². The summed E-state index contributed by atoms with van der Waals surface area (Å²) in [5.41, 5.74) is 8.46. The molecule has 6 heteroatoms. The topological polar surface area (TPSA) is 34.6 Å². The minimum absolute atomic E-state index is 0.253. The normalized spacial score (nSPS) is 14.9. The molecule has 214 valence electrons. The maximum Gasteiger partial charge on any atom is 0.0906 e. The molecule has 1 saturated carbocycles. The predicted octanol–water partition coefficient (Wildman–Crippen LogP) is 8.55. The summed E-state index contributed by atoms with van der Waals surface area (Å²) < 4.78 is 12.7. The van der Waals surface area contributed by atoms with Crippen molar-refractivity contribution in [1.29, 1.82) is 0 Å². The molecule has 0 unspecified atom stereocenters. The molecule has 0 saturated heterocycles. The largest absolute Gasteiger partial charge is 0.367 e. The van der Waals surface area contributed by atoms with Gasteiger partial charge in [0.1, 0.15) is 0 Å². The van der Waals surface area contributed by atoms with Gasteiger partial charge in [0.15, 0.2) is 0 Å². The number of aliphatic imine (C=N–C) groups is 1. The standard InChI is InChI=1S/C27H35FN4S.C4H8.C2H6/c1-29-25-16-23-18-32(13-6-11-28)12-4-9-21(23)17-26(25)31(2)19-24-15-22-8-3-7-20(10-5-14-33)27(22)30-24;1-4-2-3-4;1-2/h3,7-8,15-17,30,33H,1,4-6,9-14,18-19H2,2H3;4H,2-3H2,1H3;1-2H3. The van der Waals surface area contributed by atoms with Crippen molar-refractivity contribution in [3.8, 4) is 0 Å². The van der Waals surface area contributed by atoms with E-state index in [2.05, 4.69) is 89.5 Å². The molecule has 39 heavy (non-hydrogen) atoms. The van der Waals surface area contributed by atoms with Gasteiger partial charge in [0.05, 0.1) is 24.6 Å². The van der Waals surface area contributed by atoms with Crippen molar-refractivity contribution >= 4 is 41.6 Å². The summed E-state index contributed by atoms with van der Waals surface area (Å²) in [7, 11) is 2.12. The number of anilines is 1. The number of aromatic nitrogens is 1. The van der Waals surface area contributed by atoms with Crippen LogP contribution in [0.15, 0.2) is 41.4 Å². The number of H-pyrrole nitrogens is 1. The van der Waals surface area contributed by atoms with Crippen molar-refractivity contribution in [2.24, 2.45) is 10.9 Å². The number of para-hydroxylation sites is 1. The van der Waals surface area contributed by atoms with Gasteiger partial charge in [0.2, 0.25) is 0 Å². The van der Waals surface area contributed by atoms with E-state index in [0.717, 1.165) is 74.9 Å². The molecule has 1 aliphatic carbocycles. The summed E-state index contributed by atoms with van der Waals surface area (Å²) in [5.74, 6) is 1.98. The Kier molecular flexibility index (Phi) is 12.9. The monoisotopic (exact) mass is 552 g/mol. The Morgan fingerprint density at radius 1 is 1.15 bits per heavy atom. The average Bonchev–Trinajstić information content (AvgIpc) is 3.68. The fourth-order valence-corrected chi connectivity index (χ4v) is 5.27. The first-order valence-electron chi connectivity index (χ1n) is 14.8. The third-order valence-electron chi connectivity index (χ3n) is 7.48. The van der Waals surface area contributed by atoms with E-state index in [1.165, 1.54) is 46.1 Å². The van der Waals surface area contributed by atoms with E-state index in [1.807, 2.05) is 13.8 Å². The van der Waals surface area contributed by atoms with Gasteiger partial charge in [-0.3, -0.25) is 14.3 Å². The Bertz CT molecular complexity index is 1170. The highest BCUT2D eigenvalue weighted by Crippen LogP contribution is 2.35. The quantitative estimate of drug-likeness (QED) is 0.195. The molecule has 5 rings (SSSR count). The Morgan fingerprint density at radius 3 is 2.59 bits per heavy atom. The number of nitrogens with zero attached hydrogens (tertiary/aromatic N) is 3. The van der Waals surface area contributed by atoms with Gasteiger partial charge in [-0.2, -0.15) is 12.6 Å². The highest BCUT2D eigenvalue weighted by atomic mass is 32.1. The summed E-state index contributed by atoms with van der Waals surface area (Å²) in [6.45, 7) is 13.3. The van der Waals surface area contributed by atoms with Crippen LogP contribution in [0.25, 0.3) is 10.9 Å². The van der Waals surface area contributed by atoms with Crippen LogP contribution in [0.3, 0.4) is 0 Å². The fraction of sp³-hybridized carbons (Fsp3) is 0.545. The molecule has 1 N–H and O–H groups in total. The van der Waals surface area contributed by atoms with E-state index in [4.69, 9.17) is 0 Å². The van der Waals surface area contributed by atoms with E-state index in [9.17, 15) is 4.39 Å². The zero-order valence-corrected chi connectivity index (χ0v) is 25.5. The van der Waals surface area contributed by atoms with Crippen LogP contribution in [0.2, 0.25) is 0 Å². The summed E-state index contributed by atoms with van der Waals surface area (Å²) in [6, 6.07) is 13.2. The van der Waals surface area contributed by atoms with E-state index >= 15 is 0 Å². The van der Waals surface area contributed by atoms with Crippen molar-refractivity contribution in [2.75, 3.05) is 37.5 Å². The van der Waals surface area contributed by atoms with Crippen LogP contribution >= 0.6 is 12.6 Å².